The van der Waals surface area contributed by atoms with Crippen molar-refractivity contribution in [3.05, 3.63) is 21.3 Å². The van der Waals surface area contributed by atoms with Crippen molar-refractivity contribution in [3.8, 4) is 0 Å². The van der Waals surface area contributed by atoms with E-state index in [9.17, 15) is 0 Å². The van der Waals surface area contributed by atoms with Gasteiger partial charge in [-0.3, -0.25) is 0 Å². The van der Waals surface area contributed by atoms with E-state index in [4.69, 9.17) is 11.6 Å². The third-order valence-corrected chi connectivity index (χ3v) is 5.22. The summed E-state index contributed by atoms with van der Waals surface area (Å²) in [5.74, 6) is 3.32. The molecule has 0 aliphatic carbocycles. The second-order valence-corrected chi connectivity index (χ2v) is 6.31. The topological polar surface area (TPSA) is 12.0 Å². The van der Waals surface area contributed by atoms with Crippen molar-refractivity contribution in [1.82, 2.24) is 5.32 Å². The van der Waals surface area contributed by atoms with Crippen LogP contribution in [-0.2, 0) is 6.54 Å². The normalized spacial score (nSPS) is 27.0. The maximum absolute atomic E-state index is 6.03. The first kappa shape index (κ1) is 10.8. The molecule has 4 heteroatoms. The highest BCUT2D eigenvalue weighted by Crippen LogP contribution is 2.26. The van der Waals surface area contributed by atoms with E-state index in [-0.39, 0.29) is 0 Å². The Morgan fingerprint density at radius 1 is 1.57 bits per heavy atom. The zero-order chi connectivity index (χ0) is 9.97. The number of thioether (sulfide) groups is 1. The number of rotatable bonds is 3. The van der Waals surface area contributed by atoms with E-state index in [2.05, 4.69) is 18.3 Å². The molecule has 1 nitrogen and oxygen atoms in total. The molecule has 0 aromatic carbocycles. The van der Waals surface area contributed by atoms with Crippen LogP contribution in [0.4, 0.5) is 0 Å². The van der Waals surface area contributed by atoms with Crippen molar-refractivity contribution >= 4 is 34.7 Å². The average Bonchev–Trinajstić information content (AvgIpc) is 2.72. The van der Waals surface area contributed by atoms with E-state index in [1.165, 1.54) is 17.1 Å². The van der Waals surface area contributed by atoms with Gasteiger partial charge in [0.15, 0.2) is 0 Å². The minimum atomic E-state index is 0.663. The lowest BCUT2D eigenvalue weighted by molar-refractivity contribution is 0.454. The number of nitrogens with one attached hydrogen (secondary N) is 1. The summed E-state index contributed by atoms with van der Waals surface area (Å²) in [4.78, 5) is 0. The molecule has 0 saturated carbocycles. The molecule has 2 unspecified atom stereocenters. The lowest BCUT2D eigenvalue weighted by atomic mass is 10.1. The quantitative estimate of drug-likeness (QED) is 0.880. The van der Waals surface area contributed by atoms with E-state index in [0.29, 0.717) is 6.04 Å². The first-order chi connectivity index (χ1) is 6.77. The zero-order valence-corrected chi connectivity index (χ0v) is 10.5. The maximum Gasteiger partial charge on any atom is 0.0973 e. The predicted octanol–water partition coefficient (Wildman–Crippen LogP) is 3.24. The molecule has 78 valence electrons. The van der Waals surface area contributed by atoms with Crippen LogP contribution in [-0.4, -0.2) is 17.5 Å². The Morgan fingerprint density at radius 2 is 2.43 bits per heavy atom. The molecule has 0 spiro atoms. The third-order valence-electron chi connectivity index (χ3n) is 2.61. The minimum Gasteiger partial charge on any atom is -0.309 e. The monoisotopic (exact) mass is 247 g/mol. The van der Waals surface area contributed by atoms with Crippen LogP contribution in [0, 0.1) is 5.92 Å². The molecule has 1 aromatic rings. The predicted molar refractivity (Wildman–Crippen MR) is 66.4 cm³/mol. The molecule has 1 fully saturated rings. The molecule has 0 bridgehead atoms. The van der Waals surface area contributed by atoms with E-state index in [0.717, 1.165) is 16.8 Å². The van der Waals surface area contributed by atoms with Gasteiger partial charge in [0.25, 0.3) is 0 Å². The summed E-state index contributed by atoms with van der Waals surface area (Å²) in [6.07, 6.45) is 0. The van der Waals surface area contributed by atoms with Crippen LogP contribution < -0.4 is 5.32 Å². The average molecular weight is 248 g/mol. The largest absolute Gasteiger partial charge is 0.309 e. The fraction of sp³-hybridized carbons (Fsp3) is 0.600. The van der Waals surface area contributed by atoms with Gasteiger partial charge in [0.1, 0.15) is 0 Å². The highest BCUT2D eigenvalue weighted by Gasteiger charge is 2.23. The summed E-state index contributed by atoms with van der Waals surface area (Å²) in [6, 6.07) is 2.77. The summed E-state index contributed by atoms with van der Waals surface area (Å²) >= 11 is 9.68. The van der Waals surface area contributed by atoms with Crippen molar-refractivity contribution in [1.29, 1.82) is 0 Å². The summed E-state index contributed by atoms with van der Waals surface area (Å²) in [6.45, 7) is 3.23. The van der Waals surface area contributed by atoms with Crippen LogP contribution in [0.3, 0.4) is 0 Å². The second kappa shape index (κ2) is 4.88. The van der Waals surface area contributed by atoms with Gasteiger partial charge in [-0.25, -0.2) is 0 Å². The molecule has 2 atom stereocenters. The van der Waals surface area contributed by atoms with Crippen molar-refractivity contribution < 1.29 is 0 Å². The molecular weight excluding hydrogens is 234 g/mol. The van der Waals surface area contributed by atoms with Crippen LogP contribution in [0.2, 0.25) is 4.34 Å². The minimum absolute atomic E-state index is 0.663. The van der Waals surface area contributed by atoms with E-state index in [1.807, 2.05) is 17.1 Å². The van der Waals surface area contributed by atoms with Crippen LogP contribution in [0.5, 0.6) is 0 Å². The van der Waals surface area contributed by atoms with Gasteiger partial charge in [-0.2, -0.15) is 11.8 Å². The summed E-state index contributed by atoms with van der Waals surface area (Å²) < 4.78 is 0.927. The first-order valence-corrected chi connectivity index (χ1v) is 7.21. The van der Waals surface area contributed by atoms with Crippen LogP contribution >= 0.6 is 34.7 Å². The Balaban J connectivity index is 1.85. The molecule has 1 aliphatic rings. The highest BCUT2D eigenvalue weighted by molar-refractivity contribution is 7.99. The van der Waals surface area contributed by atoms with Gasteiger partial charge in [0.2, 0.25) is 0 Å². The first-order valence-electron chi connectivity index (χ1n) is 4.80. The van der Waals surface area contributed by atoms with Crippen molar-refractivity contribution in [2.45, 2.75) is 19.5 Å². The van der Waals surface area contributed by atoms with Gasteiger partial charge < -0.3 is 5.32 Å². The van der Waals surface area contributed by atoms with E-state index >= 15 is 0 Å². The van der Waals surface area contributed by atoms with Crippen molar-refractivity contribution in [3.63, 3.8) is 0 Å². The molecule has 1 aromatic heterocycles. The van der Waals surface area contributed by atoms with Gasteiger partial charge in [0.05, 0.1) is 4.34 Å². The van der Waals surface area contributed by atoms with E-state index in [1.54, 1.807) is 11.3 Å². The van der Waals surface area contributed by atoms with Gasteiger partial charge >= 0.3 is 0 Å². The lowest BCUT2D eigenvalue weighted by Crippen LogP contribution is -2.33. The molecule has 2 heterocycles. The molecule has 0 amide bonds. The fourth-order valence-electron chi connectivity index (χ4n) is 1.61. The number of hydrogen-bond donors (Lipinski definition) is 1. The Morgan fingerprint density at radius 3 is 3.00 bits per heavy atom. The number of thiophene rings is 1. The summed E-state index contributed by atoms with van der Waals surface area (Å²) in [5.41, 5.74) is 1.24. The smallest absolute Gasteiger partial charge is 0.0973 e. The van der Waals surface area contributed by atoms with Gasteiger partial charge in [-0.15, -0.1) is 11.3 Å². The third kappa shape index (κ3) is 2.45. The summed E-state index contributed by atoms with van der Waals surface area (Å²) in [7, 11) is 0. The molecule has 1 saturated heterocycles. The van der Waals surface area contributed by atoms with Gasteiger partial charge in [-0.1, -0.05) is 18.5 Å². The Kier molecular flexibility index (Phi) is 3.77. The standard InChI is InChI=1S/C10H14ClNS2/c1-7-5-13-6-9(7)12-4-8-2-3-14-10(8)11/h2-3,7,9,12H,4-6H2,1H3. The Bertz CT molecular complexity index is 300. The summed E-state index contributed by atoms with van der Waals surface area (Å²) in [5, 5.41) is 5.62. The number of halogens is 1. The van der Waals surface area contributed by atoms with Gasteiger partial charge in [-0.05, 0) is 28.7 Å². The Labute approximate surface area is 98.2 Å². The van der Waals surface area contributed by atoms with Crippen LogP contribution in [0.1, 0.15) is 12.5 Å². The second-order valence-electron chi connectivity index (χ2n) is 3.72. The van der Waals surface area contributed by atoms with Crippen LogP contribution in [0.15, 0.2) is 11.4 Å². The molecule has 1 N–H and O–H groups in total. The maximum atomic E-state index is 6.03. The van der Waals surface area contributed by atoms with E-state index < -0.39 is 0 Å². The zero-order valence-electron chi connectivity index (χ0n) is 8.13. The van der Waals surface area contributed by atoms with Crippen LogP contribution in [0.25, 0.3) is 0 Å². The molecule has 0 radical (unpaired) electrons. The van der Waals surface area contributed by atoms with Crippen molar-refractivity contribution in [2.24, 2.45) is 5.92 Å². The SMILES string of the molecule is CC1CSCC1NCc1ccsc1Cl. The van der Waals surface area contributed by atoms with Gasteiger partial charge in [0, 0.05) is 18.3 Å². The fourth-order valence-corrected chi connectivity index (χ4v) is 3.98. The molecule has 2 rings (SSSR count). The van der Waals surface area contributed by atoms with Crippen molar-refractivity contribution in [2.75, 3.05) is 11.5 Å². The number of hydrogen-bond acceptors (Lipinski definition) is 3. The lowest BCUT2D eigenvalue weighted by Gasteiger charge is -2.15. The molecular formula is C10H14ClNS2. The molecule has 14 heavy (non-hydrogen) atoms. The molecule has 1 aliphatic heterocycles. The highest BCUT2D eigenvalue weighted by atomic mass is 35.5. The Hall–Kier alpha value is 0.300.